The maximum atomic E-state index is 13.0. The Bertz CT molecular complexity index is 803. The molecule has 170 valence electrons. The zero-order valence-electron chi connectivity index (χ0n) is 18.9. The van der Waals surface area contributed by atoms with Crippen LogP contribution in [0.4, 0.5) is 6.01 Å². The summed E-state index contributed by atoms with van der Waals surface area (Å²) >= 11 is 0. The highest BCUT2D eigenvalue weighted by atomic mass is 16.5. The molecule has 1 aromatic heterocycles. The van der Waals surface area contributed by atoms with Crippen LogP contribution >= 0.6 is 0 Å². The number of piperidine rings is 1. The van der Waals surface area contributed by atoms with Crippen molar-refractivity contribution in [3.63, 3.8) is 0 Å². The van der Waals surface area contributed by atoms with Gasteiger partial charge in [-0.05, 0) is 30.9 Å². The smallest absolute Gasteiger partial charge is 0.298 e. The highest BCUT2D eigenvalue weighted by Gasteiger charge is 2.30. The molecule has 2 aliphatic heterocycles. The maximum Gasteiger partial charge on any atom is 0.298 e. The van der Waals surface area contributed by atoms with E-state index in [2.05, 4.69) is 33.9 Å². The van der Waals surface area contributed by atoms with E-state index >= 15 is 0 Å². The number of aromatic nitrogens is 1. The van der Waals surface area contributed by atoms with Gasteiger partial charge in [0.2, 0.25) is 5.91 Å². The van der Waals surface area contributed by atoms with Gasteiger partial charge in [0.15, 0.2) is 5.58 Å². The molecule has 0 spiro atoms. The number of rotatable bonds is 8. The number of hydrogen-bond donors (Lipinski definition) is 1. The lowest BCUT2D eigenvalue weighted by Gasteiger charge is -2.39. The third kappa shape index (κ3) is 5.21. The first-order valence-corrected chi connectivity index (χ1v) is 11.9. The van der Waals surface area contributed by atoms with E-state index in [4.69, 9.17) is 9.15 Å². The monoisotopic (exact) mass is 428 g/mol. The Labute approximate surface area is 185 Å². The van der Waals surface area contributed by atoms with E-state index in [-0.39, 0.29) is 11.8 Å². The largest absolute Gasteiger partial charge is 0.423 e. The van der Waals surface area contributed by atoms with Crippen LogP contribution in [0.5, 0.6) is 0 Å². The van der Waals surface area contributed by atoms with Crippen LogP contribution in [0.2, 0.25) is 0 Å². The van der Waals surface area contributed by atoms with Gasteiger partial charge < -0.3 is 19.4 Å². The lowest BCUT2D eigenvalue weighted by molar-refractivity contribution is -0.126. The summed E-state index contributed by atoms with van der Waals surface area (Å²) in [6.07, 6.45) is 3.93. The van der Waals surface area contributed by atoms with Crippen LogP contribution in [0.25, 0.3) is 11.1 Å². The molecule has 0 aliphatic carbocycles. The summed E-state index contributed by atoms with van der Waals surface area (Å²) in [6.45, 7) is 10.3. The number of anilines is 1. The summed E-state index contributed by atoms with van der Waals surface area (Å²) in [4.78, 5) is 22.2. The van der Waals surface area contributed by atoms with Gasteiger partial charge in [0.05, 0.1) is 13.2 Å². The number of carbonyl (C=O) groups is 1. The van der Waals surface area contributed by atoms with Crippen LogP contribution in [0.3, 0.4) is 0 Å². The fraction of sp³-hybridized carbons (Fsp3) is 0.667. The molecule has 2 fully saturated rings. The van der Waals surface area contributed by atoms with E-state index in [0.717, 1.165) is 82.7 Å². The molecule has 7 nitrogen and oxygen atoms in total. The molecule has 1 atom stereocenters. The van der Waals surface area contributed by atoms with E-state index in [1.165, 1.54) is 0 Å². The van der Waals surface area contributed by atoms with Gasteiger partial charge in [-0.1, -0.05) is 38.8 Å². The highest BCUT2D eigenvalue weighted by molar-refractivity contribution is 5.79. The number of benzene rings is 1. The number of carbonyl (C=O) groups excluding carboxylic acids is 1. The van der Waals surface area contributed by atoms with Crippen LogP contribution in [0.1, 0.15) is 39.5 Å². The molecule has 1 aromatic carbocycles. The Kier molecular flexibility index (Phi) is 7.45. The predicted octanol–water partition coefficient (Wildman–Crippen LogP) is 3.30. The minimum absolute atomic E-state index is 0.0627. The molecular formula is C24H36N4O3. The second kappa shape index (κ2) is 10.5. The summed E-state index contributed by atoms with van der Waals surface area (Å²) < 4.78 is 11.4. The number of para-hydroxylation sites is 2. The molecule has 2 aliphatic rings. The zero-order chi connectivity index (χ0) is 21.6. The van der Waals surface area contributed by atoms with Crippen LogP contribution in [0.15, 0.2) is 28.7 Å². The first-order chi connectivity index (χ1) is 15.2. The Balaban J connectivity index is 1.30. The highest BCUT2D eigenvalue weighted by Crippen LogP contribution is 2.26. The number of hydrogen-bond acceptors (Lipinski definition) is 6. The lowest BCUT2D eigenvalue weighted by Crippen LogP contribution is -2.53. The van der Waals surface area contributed by atoms with E-state index in [1.807, 2.05) is 24.3 Å². The third-order valence-corrected chi connectivity index (χ3v) is 7.01. The van der Waals surface area contributed by atoms with Crippen molar-refractivity contribution in [2.24, 2.45) is 11.8 Å². The van der Waals surface area contributed by atoms with E-state index in [9.17, 15) is 4.79 Å². The van der Waals surface area contributed by atoms with Crippen molar-refractivity contribution in [1.82, 2.24) is 15.2 Å². The van der Waals surface area contributed by atoms with Gasteiger partial charge >= 0.3 is 0 Å². The second-order valence-electron chi connectivity index (χ2n) is 8.76. The number of amides is 1. The molecule has 7 heteroatoms. The summed E-state index contributed by atoms with van der Waals surface area (Å²) in [5.74, 6) is 0.855. The standard InChI is InChI=1S/C24H36N4O3/c1-3-18(4-2)21(27-13-15-30-16-14-27)17-25-23(29)19-9-11-28(12-10-19)24-26-20-7-5-6-8-22(20)31-24/h5-8,18-19,21H,3-4,9-17H2,1-2H3,(H,25,29)/t21-/m1/s1. The Morgan fingerprint density at radius 3 is 2.52 bits per heavy atom. The molecule has 3 heterocycles. The lowest BCUT2D eigenvalue weighted by atomic mass is 9.91. The quantitative estimate of drug-likeness (QED) is 0.696. The SMILES string of the molecule is CCC(CC)[C@@H](CNC(=O)C1CCN(c2nc3ccccc3o2)CC1)N1CCOCC1. The second-order valence-corrected chi connectivity index (χ2v) is 8.76. The molecule has 2 aromatic rings. The minimum Gasteiger partial charge on any atom is -0.423 e. The summed E-state index contributed by atoms with van der Waals surface area (Å²) in [6, 6.07) is 8.89. The summed E-state index contributed by atoms with van der Waals surface area (Å²) in [5, 5.41) is 3.30. The molecule has 4 rings (SSSR count). The number of fused-ring (bicyclic) bond motifs is 1. The molecule has 1 N–H and O–H groups in total. The van der Waals surface area contributed by atoms with Crippen molar-refractivity contribution in [1.29, 1.82) is 0 Å². The zero-order valence-corrected chi connectivity index (χ0v) is 18.9. The fourth-order valence-corrected chi connectivity index (χ4v) is 5.01. The average molecular weight is 429 g/mol. The molecule has 0 unspecified atom stereocenters. The molecule has 0 saturated carbocycles. The van der Waals surface area contributed by atoms with E-state index in [0.29, 0.717) is 18.0 Å². The number of morpholine rings is 1. The topological polar surface area (TPSA) is 70.8 Å². The van der Waals surface area contributed by atoms with Crippen molar-refractivity contribution >= 4 is 23.0 Å². The van der Waals surface area contributed by atoms with Crippen LogP contribution in [-0.4, -0.2) is 67.8 Å². The fourth-order valence-electron chi connectivity index (χ4n) is 5.01. The van der Waals surface area contributed by atoms with Gasteiger partial charge in [-0.2, -0.15) is 4.98 Å². The number of oxazole rings is 1. The van der Waals surface area contributed by atoms with Gasteiger partial charge in [0.1, 0.15) is 5.52 Å². The Morgan fingerprint density at radius 1 is 1.13 bits per heavy atom. The molecule has 0 radical (unpaired) electrons. The van der Waals surface area contributed by atoms with Crippen LogP contribution in [-0.2, 0) is 9.53 Å². The minimum atomic E-state index is 0.0627. The van der Waals surface area contributed by atoms with Crippen molar-refractivity contribution in [2.75, 3.05) is 50.8 Å². The van der Waals surface area contributed by atoms with Gasteiger partial charge in [0, 0.05) is 44.7 Å². The molecule has 31 heavy (non-hydrogen) atoms. The Morgan fingerprint density at radius 2 is 1.84 bits per heavy atom. The Hall–Kier alpha value is -2.12. The van der Waals surface area contributed by atoms with E-state index < -0.39 is 0 Å². The first-order valence-electron chi connectivity index (χ1n) is 11.9. The van der Waals surface area contributed by atoms with Gasteiger partial charge in [-0.25, -0.2) is 0 Å². The van der Waals surface area contributed by atoms with Gasteiger partial charge in [-0.3, -0.25) is 9.69 Å². The number of nitrogens with one attached hydrogen (secondary N) is 1. The molecule has 0 bridgehead atoms. The summed E-state index contributed by atoms with van der Waals surface area (Å²) in [5.41, 5.74) is 1.70. The average Bonchev–Trinajstić information content (AvgIpc) is 3.26. The number of ether oxygens (including phenoxy) is 1. The van der Waals surface area contributed by atoms with Gasteiger partial charge in [-0.15, -0.1) is 0 Å². The van der Waals surface area contributed by atoms with Crippen molar-refractivity contribution < 1.29 is 13.9 Å². The normalized spacial score (nSPS) is 19.8. The van der Waals surface area contributed by atoms with Gasteiger partial charge in [0.25, 0.3) is 6.01 Å². The predicted molar refractivity (Wildman–Crippen MR) is 122 cm³/mol. The molecule has 2 saturated heterocycles. The van der Waals surface area contributed by atoms with E-state index in [1.54, 1.807) is 0 Å². The number of nitrogens with zero attached hydrogens (tertiary/aromatic N) is 3. The van der Waals surface area contributed by atoms with Crippen LogP contribution < -0.4 is 10.2 Å². The molecule has 1 amide bonds. The van der Waals surface area contributed by atoms with Crippen molar-refractivity contribution in [3.05, 3.63) is 24.3 Å². The van der Waals surface area contributed by atoms with Crippen LogP contribution in [0, 0.1) is 11.8 Å². The first kappa shape index (κ1) is 22.1. The summed E-state index contributed by atoms with van der Waals surface area (Å²) in [7, 11) is 0. The third-order valence-electron chi connectivity index (χ3n) is 7.01. The maximum absolute atomic E-state index is 13.0. The molecular weight excluding hydrogens is 392 g/mol. The van der Waals surface area contributed by atoms with Crippen molar-refractivity contribution in [3.8, 4) is 0 Å². The van der Waals surface area contributed by atoms with Crippen molar-refractivity contribution in [2.45, 2.75) is 45.6 Å².